The molecule has 2 aliphatic rings. The Labute approximate surface area is 168 Å². The second-order valence-electron chi connectivity index (χ2n) is 7.54. The number of ether oxygens (including phenoxy) is 1. The zero-order valence-corrected chi connectivity index (χ0v) is 15.8. The van der Waals surface area contributed by atoms with Crippen molar-refractivity contribution in [3.8, 4) is 5.75 Å². The summed E-state index contributed by atoms with van der Waals surface area (Å²) >= 11 is 0. The molecule has 2 aromatic rings. The van der Waals surface area contributed by atoms with Gasteiger partial charge in [-0.15, -0.1) is 0 Å². The summed E-state index contributed by atoms with van der Waals surface area (Å²) < 4.78 is 5.69. The number of carbonyl (C=O) groups excluding carboxylic acids is 2. The maximum atomic E-state index is 12.6. The molecule has 7 nitrogen and oxygen atoms in total. The molecule has 0 saturated heterocycles. The maximum Gasteiger partial charge on any atom is 0.329 e. The molecular formula is C22H22N2O5. The second kappa shape index (κ2) is 7.58. The Kier molecular flexibility index (Phi) is 4.96. The minimum absolute atomic E-state index is 0.295. The molecule has 1 unspecified atom stereocenters. The molecule has 1 atom stereocenters. The molecule has 1 aliphatic carbocycles. The Hall–Kier alpha value is -3.35. The monoisotopic (exact) mass is 394 g/mol. The number of aliphatic carboxylic acids is 1. The van der Waals surface area contributed by atoms with Crippen LogP contribution in [0.2, 0.25) is 0 Å². The predicted octanol–water partition coefficient (Wildman–Crippen LogP) is 2.76. The van der Waals surface area contributed by atoms with Crippen LogP contribution in [-0.4, -0.2) is 34.5 Å². The quantitative estimate of drug-likeness (QED) is 0.723. The van der Waals surface area contributed by atoms with Gasteiger partial charge in [-0.1, -0.05) is 37.1 Å². The van der Waals surface area contributed by atoms with Crippen LogP contribution < -0.4 is 15.4 Å². The number of carboxylic acid groups (broad SMARTS) is 1. The predicted molar refractivity (Wildman–Crippen MR) is 106 cm³/mol. The summed E-state index contributed by atoms with van der Waals surface area (Å²) in [5, 5.41) is 15.0. The van der Waals surface area contributed by atoms with E-state index < -0.39 is 23.5 Å². The van der Waals surface area contributed by atoms with Crippen molar-refractivity contribution in [1.82, 2.24) is 5.32 Å². The average Bonchev–Trinajstić information content (AvgIpc) is 3.36. The van der Waals surface area contributed by atoms with Crippen molar-refractivity contribution in [2.45, 2.75) is 43.7 Å². The minimum Gasteiger partial charge on any atom is -0.480 e. The number of rotatable bonds is 5. The minimum atomic E-state index is -1.21. The molecule has 0 spiro atoms. The van der Waals surface area contributed by atoms with Crippen LogP contribution >= 0.6 is 0 Å². The molecule has 4 rings (SSSR count). The molecule has 0 bridgehead atoms. The van der Waals surface area contributed by atoms with E-state index in [0.717, 1.165) is 18.4 Å². The smallest absolute Gasteiger partial charge is 0.329 e. The van der Waals surface area contributed by atoms with Crippen LogP contribution in [0.3, 0.4) is 0 Å². The molecule has 7 heteroatoms. The van der Waals surface area contributed by atoms with Crippen LogP contribution in [0.1, 0.15) is 41.6 Å². The molecule has 2 amide bonds. The first kappa shape index (κ1) is 19.0. The molecule has 1 fully saturated rings. The Morgan fingerprint density at radius 2 is 1.79 bits per heavy atom. The van der Waals surface area contributed by atoms with Gasteiger partial charge in [0, 0.05) is 17.7 Å². The first-order valence-corrected chi connectivity index (χ1v) is 9.68. The first-order valence-electron chi connectivity index (χ1n) is 9.68. The Balaban J connectivity index is 1.43. The van der Waals surface area contributed by atoms with Crippen molar-refractivity contribution < 1.29 is 24.2 Å². The number of hydrogen-bond acceptors (Lipinski definition) is 4. The number of carboxylic acids is 1. The average molecular weight is 394 g/mol. The number of anilines is 1. The fraction of sp³-hybridized carbons (Fsp3) is 0.318. The first-order chi connectivity index (χ1) is 14.0. The number of amides is 2. The van der Waals surface area contributed by atoms with Gasteiger partial charge in [0.15, 0.2) is 6.10 Å². The van der Waals surface area contributed by atoms with Gasteiger partial charge in [0.25, 0.3) is 11.8 Å². The number of benzene rings is 2. The molecular weight excluding hydrogens is 372 g/mol. The highest BCUT2D eigenvalue weighted by Gasteiger charge is 2.42. The number of hydrogen-bond donors (Lipinski definition) is 3. The topological polar surface area (TPSA) is 105 Å². The highest BCUT2D eigenvalue weighted by atomic mass is 16.5. The van der Waals surface area contributed by atoms with Gasteiger partial charge in [-0.05, 0) is 42.7 Å². The van der Waals surface area contributed by atoms with Gasteiger partial charge >= 0.3 is 5.97 Å². The van der Waals surface area contributed by atoms with Gasteiger partial charge < -0.3 is 20.5 Å². The van der Waals surface area contributed by atoms with E-state index in [1.807, 2.05) is 24.3 Å². The molecule has 2 aromatic carbocycles. The maximum absolute atomic E-state index is 12.6. The van der Waals surface area contributed by atoms with Gasteiger partial charge in [0.1, 0.15) is 11.3 Å². The van der Waals surface area contributed by atoms with Crippen LogP contribution in [0.5, 0.6) is 5.75 Å². The van der Waals surface area contributed by atoms with E-state index in [9.17, 15) is 19.5 Å². The molecule has 3 N–H and O–H groups in total. The summed E-state index contributed by atoms with van der Waals surface area (Å²) in [6.45, 7) is 0. The van der Waals surface area contributed by atoms with Gasteiger partial charge in [-0.25, -0.2) is 4.79 Å². The summed E-state index contributed by atoms with van der Waals surface area (Å²) in [5.74, 6) is -1.06. The zero-order chi connectivity index (χ0) is 20.4. The molecule has 150 valence electrons. The van der Waals surface area contributed by atoms with Crippen molar-refractivity contribution in [3.05, 3.63) is 59.7 Å². The SMILES string of the molecule is O=C(NC1(C(=O)O)CCCC1)c1cccc(NC(=O)C2Cc3ccccc3O2)c1. The van der Waals surface area contributed by atoms with E-state index in [2.05, 4.69) is 10.6 Å². The van der Waals surface area contributed by atoms with E-state index in [1.165, 1.54) is 0 Å². The Bertz CT molecular complexity index is 940. The Morgan fingerprint density at radius 3 is 2.52 bits per heavy atom. The van der Waals surface area contributed by atoms with E-state index in [-0.39, 0.29) is 5.91 Å². The molecule has 0 radical (unpaired) electrons. The van der Waals surface area contributed by atoms with Gasteiger partial charge in [0.2, 0.25) is 0 Å². The lowest BCUT2D eigenvalue weighted by molar-refractivity contribution is -0.144. The Morgan fingerprint density at radius 1 is 1.03 bits per heavy atom. The fourth-order valence-corrected chi connectivity index (χ4v) is 3.95. The van der Waals surface area contributed by atoms with Crippen molar-refractivity contribution in [2.24, 2.45) is 0 Å². The summed E-state index contributed by atoms with van der Waals surface area (Å²) in [6.07, 6.45) is 2.25. The highest BCUT2D eigenvalue weighted by Crippen LogP contribution is 2.31. The number of para-hydroxylation sites is 1. The molecule has 1 heterocycles. The van der Waals surface area contributed by atoms with Crippen LogP contribution in [0.15, 0.2) is 48.5 Å². The highest BCUT2D eigenvalue weighted by molar-refractivity contribution is 6.00. The van der Waals surface area contributed by atoms with E-state index in [4.69, 9.17) is 4.74 Å². The van der Waals surface area contributed by atoms with E-state index in [0.29, 0.717) is 36.3 Å². The van der Waals surface area contributed by atoms with Crippen molar-refractivity contribution >= 4 is 23.5 Å². The van der Waals surface area contributed by atoms with Crippen molar-refractivity contribution in [1.29, 1.82) is 0 Å². The standard InChI is InChI=1S/C22H22N2O5/c25-19(24-22(21(27)28)10-3-4-11-22)15-7-5-8-16(12-15)23-20(26)18-13-14-6-1-2-9-17(14)29-18/h1-2,5-9,12,18H,3-4,10-11,13H2,(H,23,26)(H,24,25)(H,27,28). The van der Waals surface area contributed by atoms with Gasteiger partial charge in [-0.2, -0.15) is 0 Å². The van der Waals surface area contributed by atoms with E-state index in [1.54, 1.807) is 24.3 Å². The summed E-state index contributed by atoms with van der Waals surface area (Å²) in [7, 11) is 0. The van der Waals surface area contributed by atoms with Crippen LogP contribution in [-0.2, 0) is 16.0 Å². The third-order valence-electron chi connectivity index (χ3n) is 5.55. The third kappa shape index (κ3) is 3.81. The van der Waals surface area contributed by atoms with Crippen LogP contribution in [0, 0.1) is 0 Å². The lowest BCUT2D eigenvalue weighted by Gasteiger charge is -2.25. The summed E-state index contributed by atoms with van der Waals surface area (Å²) in [5.41, 5.74) is 0.528. The molecule has 29 heavy (non-hydrogen) atoms. The lowest BCUT2D eigenvalue weighted by Crippen LogP contribution is -2.52. The second-order valence-corrected chi connectivity index (χ2v) is 7.54. The number of fused-ring (bicyclic) bond motifs is 1. The fourth-order valence-electron chi connectivity index (χ4n) is 3.95. The number of carbonyl (C=O) groups is 3. The van der Waals surface area contributed by atoms with Gasteiger partial charge in [-0.3, -0.25) is 9.59 Å². The van der Waals surface area contributed by atoms with Crippen LogP contribution in [0.25, 0.3) is 0 Å². The third-order valence-corrected chi connectivity index (χ3v) is 5.55. The van der Waals surface area contributed by atoms with Gasteiger partial charge in [0.05, 0.1) is 0 Å². The van der Waals surface area contributed by atoms with Crippen molar-refractivity contribution in [3.63, 3.8) is 0 Å². The van der Waals surface area contributed by atoms with Crippen molar-refractivity contribution in [2.75, 3.05) is 5.32 Å². The summed E-state index contributed by atoms with van der Waals surface area (Å²) in [4.78, 5) is 36.9. The normalized spacial score (nSPS) is 19.1. The molecule has 1 aliphatic heterocycles. The largest absolute Gasteiger partial charge is 0.480 e. The number of nitrogens with one attached hydrogen (secondary N) is 2. The zero-order valence-electron chi connectivity index (χ0n) is 15.8. The molecule has 1 saturated carbocycles. The lowest BCUT2D eigenvalue weighted by atomic mass is 9.97. The summed E-state index contributed by atoms with van der Waals surface area (Å²) in [6, 6.07) is 14.0. The van der Waals surface area contributed by atoms with E-state index >= 15 is 0 Å². The van der Waals surface area contributed by atoms with Crippen LogP contribution in [0.4, 0.5) is 5.69 Å². The molecule has 0 aromatic heterocycles.